The first-order valence-corrected chi connectivity index (χ1v) is 7.43. The number of piperidine rings is 1. The fourth-order valence-corrected chi connectivity index (χ4v) is 3.10. The van der Waals surface area contributed by atoms with Gasteiger partial charge < -0.3 is 4.90 Å². The van der Waals surface area contributed by atoms with Gasteiger partial charge in [0.15, 0.2) is 0 Å². The molecule has 1 saturated heterocycles. The van der Waals surface area contributed by atoms with E-state index in [9.17, 15) is 0 Å². The van der Waals surface area contributed by atoms with Crippen LogP contribution in [0.1, 0.15) is 46.0 Å². The Hall–Kier alpha value is -0.820. The van der Waals surface area contributed by atoms with Crippen molar-refractivity contribution in [1.29, 1.82) is 0 Å². The number of hydrogen-bond acceptors (Lipinski definition) is 1. The van der Waals surface area contributed by atoms with E-state index in [2.05, 4.69) is 43.6 Å². The monoisotopic (exact) mass is 245 g/mol. The van der Waals surface area contributed by atoms with Crippen LogP contribution in [0.2, 0.25) is 0 Å². The van der Waals surface area contributed by atoms with Crippen molar-refractivity contribution in [3.05, 3.63) is 36.0 Å². The van der Waals surface area contributed by atoms with Gasteiger partial charge in [0.25, 0.3) is 0 Å². The van der Waals surface area contributed by atoms with Crippen LogP contribution in [0.25, 0.3) is 0 Å². The van der Waals surface area contributed by atoms with Crippen molar-refractivity contribution >= 4 is 0 Å². The number of allylic oxidation sites excluding steroid dienone is 4. The Labute approximate surface area is 112 Å². The number of rotatable bonds is 4. The van der Waals surface area contributed by atoms with E-state index < -0.39 is 0 Å². The standard InChI is InChI=1S/C17H27N/c1-4-15(2)16-9-8-10-17(3,13-16)14-18-11-6-5-7-12-18/h8-9,13H,2,4-7,10-12,14H2,1,3H3. The van der Waals surface area contributed by atoms with Crippen molar-refractivity contribution in [1.82, 2.24) is 4.90 Å². The van der Waals surface area contributed by atoms with Crippen LogP contribution >= 0.6 is 0 Å². The lowest BCUT2D eigenvalue weighted by atomic mass is 9.79. The van der Waals surface area contributed by atoms with Crippen LogP contribution in [0.5, 0.6) is 0 Å². The minimum absolute atomic E-state index is 0.305. The molecule has 2 aliphatic rings. The van der Waals surface area contributed by atoms with E-state index in [1.807, 2.05) is 0 Å². The maximum absolute atomic E-state index is 4.18. The van der Waals surface area contributed by atoms with Gasteiger partial charge in [0, 0.05) is 12.0 Å². The van der Waals surface area contributed by atoms with E-state index in [0.717, 1.165) is 6.42 Å². The fraction of sp³-hybridized carbons (Fsp3) is 0.647. The van der Waals surface area contributed by atoms with Crippen molar-refractivity contribution in [2.24, 2.45) is 5.41 Å². The topological polar surface area (TPSA) is 3.24 Å². The summed E-state index contributed by atoms with van der Waals surface area (Å²) in [7, 11) is 0. The lowest BCUT2D eigenvalue weighted by molar-refractivity contribution is 0.169. The van der Waals surface area contributed by atoms with Crippen molar-refractivity contribution in [3.8, 4) is 0 Å². The highest BCUT2D eigenvalue weighted by molar-refractivity contribution is 5.41. The van der Waals surface area contributed by atoms with Gasteiger partial charge in [0.2, 0.25) is 0 Å². The molecular formula is C17H27N. The summed E-state index contributed by atoms with van der Waals surface area (Å²) in [6, 6.07) is 0. The second kappa shape index (κ2) is 5.88. The molecule has 1 heterocycles. The highest BCUT2D eigenvalue weighted by Crippen LogP contribution is 2.34. The van der Waals surface area contributed by atoms with Crippen LogP contribution in [-0.2, 0) is 0 Å². The summed E-state index contributed by atoms with van der Waals surface area (Å²) in [5.74, 6) is 0. The summed E-state index contributed by atoms with van der Waals surface area (Å²) in [6.07, 6.45) is 13.5. The van der Waals surface area contributed by atoms with Gasteiger partial charge >= 0.3 is 0 Å². The van der Waals surface area contributed by atoms with Crippen molar-refractivity contribution < 1.29 is 0 Å². The summed E-state index contributed by atoms with van der Waals surface area (Å²) in [5, 5.41) is 0. The van der Waals surface area contributed by atoms with Gasteiger partial charge in [-0.2, -0.15) is 0 Å². The van der Waals surface area contributed by atoms with Gasteiger partial charge in [-0.1, -0.05) is 45.1 Å². The zero-order valence-corrected chi connectivity index (χ0v) is 12.0. The highest BCUT2D eigenvalue weighted by Gasteiger charge is 2.27. The van der Waals surface area contributed by atoms with E-state index in [-0.39, 0.29) is 0 Å². The van der Waals surface area contributed by atoms with Gasteiger partial charge in [0.1, 0.15) is 0 Å². The third-order valence-electron chi connectivity index (χ3n) is 4.25. The molecule has 18 heavy (non-hydrogen) atoms. The van der Waals surface area contributed by atoms with Crippen LogP contribution in [-0.4, -0.2) is 24.5 Å². The zero-order valence-electron chi connectivity index (χ0n) is 12.0. The lowest BCUT2D eigenvalue weighted by Crippen LogP contribution is -2.38. The molecule has 1 aliphatic carbocycles. The summed E-state index contributed by atoms with van der Waals surface area (Å²) < 4.78 is 0. The first kappa shape index (κ1) is 13.6. The molecule has 1 aliphatic heterocycles. The minimum Gasteiger partial charge on any atom is -0.302 e. The van der Waals surface area contributed by atoms with Crippen LogP contribution in [0.3, 0.4) is 0 Å². The van der Waals surface area contributed by atoms with E-state index in [1.54, 1.807) is 0 Å². The predicted octanol–water partition coefficient (Wildman–Crippen LogP) is 4.33. The van der Waals surface area contributed by atoms with Crippen LogP contribution in [0, 0.1) is 5.41 Å². The molecule has 0 saturated carbocycles. The number of likely N-dealkylation sites (tertiary alicyclic amines) is 1. The van der Waals surface area contributed by atoms with E-state index in [1.165, 1.54) is 56.5 Å². The third kappa shape index (κ3) is 3.35. The molecule has 0 aromatic carbocycles. The molecule has 0 N–H and O–H groups in total. The molecular weight excluding hydrogens is 218 g/mol. The Morgan fingerprint density at radius 1 is 1.33 bits per heavy atom. The first-order chi connectivity index (χ1) is 8.63. The zero-order chi connectivity index (χ0) is 13.0. The summed E-state index contributed by atoms with van der Waals surface area (Å²) in [6.45, 7) is 12.5. The molecule has 0 aromatic rings. The van der Waals surface area contributed by atoms with Crippen LogP contribution < -0.4 is 0 Å². The fourth-order valence-electron chi connectivity index (χ4n) is 3.10. The summed E-state index contributed by atoms with van der Waals surface area (Å²) in [5.41, 5.74) is 2.94. The second-order valence-electron chi connectivity index (χ2n) is 6.15. The second-order valence-corrected chi connectivity index (χ2v) is 6.15. The molecule has 0 amide bonds. The Morgan fingerprint density at radius 3 is 2.72 bits per heavy atom. The molecule has 1 fully saturated rings. The van der Waals surface area contributed by atoms with Gasteiger partial charge in [-0.3, -0.25) is 0 Å². The van der Waals surface area contributed by atoms with E-state index in [4.69, 9.17) is 0 Å². The van der Waals surface area contributed by atoms with E-state index >= 15 is 0 Å². The largest absolute Gasteiger partial charge is 0.302 e. The molecule has 1 nitrogen and oxygen atoms in total. The van der Waals surface area contributed by atoms with Gasteiger partial charge in [-0.05, 0) is 49.9 Å². The molecule has 100 valence electrons. The molecule has 1 atom stereocenters. The lowest BCUT2D eigenvalue weighted by Gasteiger charge is -2.37. The van der Waals surface area contributed by atoms with Crippen LogP contribution in [0.4, 0.5) is 0 Å². The summed E-state index contributed by atoms with van der Waals surface area (Å²) >= 11 is 0. The average Bonchev–Trinajstić information content (AvgIpc) is 2.38. The van der Waals surface area contributed by atoms with Crippen LogP contribution in [0.15, 0.2) is 36.0 Å². The molecule has 0 bridgehead atoms. The normalized spacial score (nSPS) is 29.1. The molecule has 0 spiro atoms. The minimum atomic E-state index is 0.305. The Kier molecular flexibility index (Phi) is 4.45. The Balaban J connectivity index is 2.03. The van der Waals surface area contributed by atoms with Gasteiger partial charge in [-0.25, -0.2) is 0 Å². The van der Waals surface area contributed by atoms with E-state index in [0.29, 0.717) is 5.41 Å². The molecule has 0 aromatic heterocycles. The quantitative estimate of drug-likeness (QED) is 0.712. The predicted molar refractivity (Wildman–Crippen MR) is 79.7 cm³/mol. The van der Waals surface area contributed by atoms with Crippen molar-refractivity contribution in [2.45, 2.75) is 46.0 Å². The Bertz CT molecular complexity index is 358. The SMILES string of the molecule is C=C(CC)C1=CC(C)(CN2CCCCC2)CC=C1. The number of nitrogens with zero attached hydrogens (tertiary/aromatic N) is 1. The van der Waals surface area contributed by atoms with Crippen molar-refractivity contribution in [2.75, 3.05) is 19.6 Å². The maximum atomic E-state index is 4.18. The third-order valence-corrected chi connectivity index (χ3v) is 4.25. The molecule has 0 radical (unpaired) electrons. The van der Waals surface area contributed by atoms with Crippen molar-refractivity contribution in [3.63, 3.8) is 0 Å². The molecule has 1 unspecified atom stereocenters. The van der Waals surface area contributed by atoms with Gasteiger partial charge in [-0.15, -0.1) is 0 Å². The first-order valence-electron chi connectivity index (χ1n) is 7.43. The Morgan fingerprint density at radius 2 is 2.06 bits per heavy atom. The highest BCUT2D eigenvalue weighted by atomic mass is 15.1. The molecule has 2 rings (SSSR count). The average molecular weight is 245 g/mol. The summed E-state index contributed by atoms with van der Waals surface area (Å²) in [4.78, 5) is 2.64. The maximum Gasteiger partial charge on any atom is 0.00733 e. The van der Waals surface area contributed by atoms with Gasteiger partial charge in [0.05, 0.1) is 0 Å². The number of hydrogen-bond donors (Lipinski definition) is 0. The smallest absolute Gasteiger partial charge is 0.00733 e. The molecule has 1 heteroatoms.